The summed E-state index contributed by atoms with van der Waals surface area (Å²) in [4.78, 5) is 26.0. The van der Waals surface area contributed by atoms with Crippen molar-refractivity contribution in [2.45, 2.75) is 238 Å². The highest BCUT2D eigenvalue weighted by Gasteiger charge is 2.24. The van der Waals surface area contributed by atoms with Gasteiger partial charge in [0.05, 0.1) is 25.2 Å². The van der Waals surface area contributed by atoms with E-state index in [0.29, 0.717) is 19.3 Å². The molecule has 3 atom stereocenters. The molecule has 6 nitrogen and oxygen atoms in total. The summed E-state index contributed by atoms with van der Waals surface area (Å²) in [6, 6.07) is -0.717. The summed E-state index contributed by atoms with van der Waals surface area (Å²) in [7, 11) is 0. The molecule has 0 spiro atoms. The first-order valence-corrected chi connectivity index (χ1v) is 23.6. The summed E-state index contributed by atoms with van der Waals surface area (Å²) < 4.78 is 5.88. The van der Waals surface area contributed by atoms with Gasteiger partial charge in [-0.15, -0.1) is 0 Å². The molecule has 0 radical (unpaired) electrons. The van der Waals surface area contributed by atoms with E-state index in [1.54, 1.807) is 0 Å². The van der Waals surface area contributed by atoms with E-state index >= 15 is 0 Å². The second-order valence-electron chi connectivity index (χ2n) is 15.9. The van der Waals surface area contributed by atoms with Crippen molar-refractivity contribution < 1.29 is 24.5 Å². The Labute approximate surface area is 346 Å². The molecule has 0 aromatic rings. The van der Waals surface area contributed by atoms with Crippen LogP contribution in [0.1, 0.15) is 220 Å². The van der Waals surface area contributed by atoms with Crippen LogP contribution in [0.2, 0.25) is 0 Å². The highest BCUT2D eigenvalue weighted by molar-refractivity contribution is 5.77. The number of aliphatic hydroxyl groups excluding tert-OH is 2. The number of aliphatic hydroxyl groups is 2. The molecule has 3 N–H and O–H groups in total. The Bertz CT molecular complexity index is 1010. The van der Waals surface area contributed by atoms with Crippen LogP contribution in [0.3, 0.4) is 0 Å². The standard InChI is InChI=1S/C50H89NO5/c1-4-7-10-13-16-19-22-24-26-28-31-34-37-40-43-50(55)56-46(41-38-35-32-29-27-25-23-20-17-14-11-8-5-2)44-49(54)51-47(45-52)48(53)42-39-36-33-30-21-18-15-12-9-6-3/h8,11,14,17,20,23,25-28,46-48,52-53H,4-7,9-10,12-13,15-16,18-19,21-22,24,29-45H2,1-3H3,(H,51,54)/b11-8+,17-14+,23-20+,27-25-,28-26-. The van der Waals surface area contributed by atoms with Crippen LogP contribution in [0.4, 0.5) is 0 Å². The van der Waals surface area contributed by atoms with Crippen LogP contribution < -0.4 is 5.32 Å². The predicted molar refractivity (Wildman–Crippen MR) is 241 cm³/mol. The van der Waals surface area contributed by atoms with Crippen LogP contribution in [-0.2, 0) is 14.3 Å². The number of ether oxygens (including phenoxy) is 1. The Hall–Kier alpha value is -2.44. The lowest BCUT2D eigenvalue weighted by molar-refractivity contribution is -0.151. The average molecular weight is 784 g/mol. The third-order valence-electron chi connectivity index (χ3n) is 10.4. The Morgan fingerprint density at radius 2 is 0.982 bits per heavy atom. The summed E-state index contributed by atoms with van der Waals surface area (Å²) in [6.07, 6.45) is 52.8. The molecule has 0 heterocycles. The van der Waals surface area contributed by atoms with Gasteiger partial charge in [0, 0.05) is 6.42 Å². The molecule has 0 aromatic carbocycles. The van der Waals surface area contributed by atoms with Gasteiger partial charge < -0.3 is 20.3 Å². The van der Waals surface area contributed by atoms with Crippen molar-refractivity contribution >= 4 is 11.9 Å². The summed E-state index contributed by atoms with van der Waals surface area (Å²) in [5.41, 5.74) is 0. The number of amides is 1. The monoisotopic (exact) mass is 784 g/mol. The van der Waals surface area contributed by atoms with Gasteiger partial charge in [-0.05, 0) is 70.6 Å². The fourth-order valence-corrected chi connectivity index (χ4v) is 6.85. The number of hydrogen-bond acceptors (Lipinski definition) is 5. The lowest BCUT2D eigenvalue weighted by atomic mass is 10.0. The SMILES string of the molecule is CC/C=C/C=C/C=C/C=C\CCCCCC(CC(=O)NC(CO)C(O)CCCCCCCCCCCC)OC(=O)CCCCC/C=C\CCCCCCCCC. The number of carbonyl (C=O) groups is 2. The zero-order chi connectivity index (χ0) is 41.0. The normalized spacial score (nSPS) is 13.9. The van der Waals surface area contributed by atoms with Crippen molar-refractivity contribution in [2.24, 2.45) is 0 Å². The quantitative estimate of drug-likeness (QED) is 0.0248. The number of carbonyl (C=O) groups excluding carboxylic acids is 2. The smallest absolute Gasteiger partial charge is 0.306 e. The Kier molecular flexibility index (Phi) is 41.8. The van der Waals surface area contributed by atoms with Crippen molar-refractivity contribution in [1.29, 1.82) is 0 Å². The van der Waals surface area contributed by atoms with Gasteiger partial charge in [0.2, 0.25) is 5.91 Å². The van der Waals surface area contributed by atoms with E-state index in [1.165, 1.54) is 89.9 Å². The molecular formula is C50H89NO5. The molecule has 6 heteroatoms. The second kappa shape index (κ2) is 43.7. The Morgan fingerprint density at radius 1 is 0.536 bits per heavy atom. The lowest BCUT2D eigenvalue weighted by Gasteiger charge is -2.24. The predicted octanol–water partition coefficient (Wildman–Crippen LogP) is 13.7. The minimum atomic E-state index is -0.800. The fourth-order valence-electron chi connectivity index (χ4n) is 6.85. The van der Waals surface area contributed by atoms with Crippen LogP contribution in [0.5, 0.6) is 0 Å². The maximum Gasteiger partial charge on any atom is 0.306 e. The number of esters is 1. The van der Waals surface area contributed by atoms with E-state index in [2.05, 4.69) is 62.5 Å². The highest BCUT2D eigenvalue weighted by atomic mass is 16.5. The van der Waals surface area contributed by atoms with Gasteiger partial charge in [-0.2, -0.15) is 0 Å². The summed E-state index contributed by atoms with van der Waals surface area (Å²) in [5, 5.41) is 23.6. The summed E-state index contributed by atoms with van der Waals surface area (Å²) in [5.74, 6) is -0.535. The zero-order valence-corrected chi connectivity index (χ0v) is 36.8. The third kappa shape index (κ3) is 38.4. The maximum atomic E-state index is 13.1. The number of nitrogens with one attached hydrogen (secondary N) is 1. The topological polar surface area (TPSA) is 95.9 Å². The van der Waals surface area contributed by atoms with E-state index < -0.39 is 18.2 Å². The molecule has 0 aliphatic rings. The molecule has 0 bridgehead atoms. The molecule has 0 saturated carbocycles. The van der Waals surface area contributed by atoms with E-state index in [0.717, 1.165) is 83.5 Å². The highest BCUT2D eigenvalue weighted by Crippen LogP contribution is 2.17. The second-order valence-corrected chi connectivity index (χ2v) is 15.9. The number of hydrogen-bond donors (Lipinski definition) is 3. The van der Waals surface area contributed by atoms with Gasteiger partial charge in [0.1, 0.15) is 6.10 Å². The molecule has 0 saturated heterocycles. The lowest BCUT2D eigenvalue weighted by Crippen LogP contribution is -2.46. The summed E-state index contributed by atoms with van der Waals surface area (Å²) in [6.45, 7) is 6.30. The van der Waals surface area contributed by atoms with E-state index in [1.807, 2.05) is 24.3 Å². The van der Waals surface area contributed by atoms with Crippen LogP contribution in [0.15, 0.2) is 60.8 Å². The molecular weight excluding hydrogens is 695 g/mol. The largest absolute Gasteiger partial charge is 0.462 e. The van der Waals surface area contributed by atoms with Crippen LogP contribution in [-0.4, -0.2) is 46.9 Å². The minimum Gasteiger partial charge on any atom is -0.462 e. The Balaban J connectivity index is 4.69. The molecule has 0 aliphatic carbocycles. The molecule has 0 aromatic heterocycles. The van der Waals surface area contributed by atoms with Gasteiger partial charge in [-0.3, -0.25) is 9.59 Å². The van der Waals surface area contributed by atoms with E-state index in [-0.39, 0.29) is 24.9 Å². The van der Waals surface area contributed by atoms with Gasteiger partial charge in [0.25, 0.3) is 0 Å². The first kappa shape index (κ1) is 53.6. The minimum absolute atomic E-state index is 0.0441. The number of rotatable bonds is 41. The molecule has 3 unspecified atom stereocenters. The molecule has 0 aliphatic heterocycles. The van der Waals surface area contributed by atoms with Gasteiger partial charge in [-0.1, -0.05) is 197 Å². The third-order valence-corrected chi connectivity index (χ3v) is 10.4. The first-order valence-electron chi connectivity index (χ1n) is 23.6. The van der Waals surface area contributed by atoms with Crippen molar-refractivity contribution in [3.05, 3.63) is 60.8 Å². The fraction of sp³-hybridized carbons (Fsp3) is 0.760. The molecule has 324 valence electrons. The maximum absolute atomic E-state index is 13.1. The van der Waals surface area contributed by atoms with Gasteiger partial charge in [0.15, 0.2) is 0 Å². The van der Waals surface area contributed by atoms with Gasteiger partial charge >= 0.3 is 5.97 Å². The van der Waals surface area contributed by atoms with Crippen LogP contribution >= 0.6 is 0 Å². The molecule has 1 amide bonds. The summed E-state index contributed by atoms with van der Waals surface area (Å²) >= 11 is 0. The van der Waals surface area contributed by atoms with E-state index in [9.17, 15) is 19.8 Å². The molecule has 56 heavy (non-hydrogen) atoms. The van der Waals surface area contributed by atoms with Crippen molar-refractivity contribution in [3.8, 4) is 0 Å². The van der Waals surface area contributed by atoms with Crippen LogP contribution in [0.25, 0.3) is 0 Å². The first-order chi connectivity index (χ1) is 27.5. The zero-order valence-electron chi connectivity index (χ0n) is 36.8. The Morgan fingerprint density at radius 3 is 1.54 bits per heavy atom. The van der Waals surface area contributed by atoms with E-state index in [4.69, 9.17) is 4.74 Å². The number of allylic oxidation sites excluding steroid dienone is 10. The van der Waals surface area contributed by atoms with Crippen molar-refractivity contribution in [2.75, 3.05) is 6.61 Å². The molecule has 0 fully saturated rings. The van der Waals surface area contributed by atoms with Crippen LogP contribution in [0, 0.1) is 0 Å². The van der Waals surface area contributed by atoms with Gasteiger partial charge in [-0.25, -0.2) is 0 Å². The van der Waals surface area contributed by atoms with Crippen molar-refractivity contribution in [1.82, 2.24) is 5.32 Å². The molecule has 0 rings (SSSR count). The number of unbranched alkanes of at least 4 members (excludes halogenated alkanes) is 22. The average Bonchev–Trinajstić information content (AvgIpc) is 3.19. The van der Waals surface area contributed by atoms with Crippen molar-refractivity contribution in [3.63, 3.8) is 0 Å².